The molecule has 0 unspecified atom stereocenters. The average Bonchev–Trinajstić information content (AvgIpc) is 2.47. The molecule has 2 rings (SSSR count). The van der Waals surface area contributed by atoms with E-state index >= 15 is 0 Å². The number of Topliss-reactive ketones (excluding diaryl/α,β-unsaturated/α-hetero) is 1. The number of carbonyl (C=O) groups excluding carboxylic acids is 1. The molecule has 5 heteroatoms. The number of hydrogen-bond acceptors (Lipinski definition) is 5. The molecule has 0 aromatic heterocycles. The quantitative estimate of drug-likeness (QED) is 0.391. The van der Waals surface area contributed by atoms with E-state index in [2.05, 4.69) is 4.40 Å². The number of rotatable bonds is 4. The molecule has 0 fully saturated rings. The first-order chi connectivity index (χ1) is 10.0. The molecule has 0 bridgehead atoms. The van der Waals surface area contributed by atoms with Gasteiger partial charge in [0.1, 0.15) is 0 Å². The van der Waals surface area contributed by atoms with E-state index in [-0.39, 0.29) is 17.3 Å². The molecule has 108 valence electrons. The number of phenolic OH excluding ortho intramolecular Hbond substituents is 2. The van der Waals surface area contributed by atoms with Crippen molar-refractivity contribution in [2.45, 2.75) is 18.7 Å². The summed E-state index contributed by atoms with van der Waals surface area (Å²) in [5, 5.41) is 19.5. The van der Waals surface area contributed by atoms with Gasteiger partial charge in [0.05, 0.1) is 0 Å². The van der Waals surface area contributed by atoms with Crippen LogP contribution in [0.15, 0.2) is 45.7 Å². The second kappa shape index (κ2) is 6.45. The SMILES string of the molecule is CC(=O)c1ccccc1S/N=C/c1ccc(C)c(O)c1O. The molecule has 2 aromatic rings. The van der Waals surface area contributed by atoms with Crippen LogP contribution >= 0.6 is 11.9 Å². The van der Waals surface area contributed by atoms with Gasteiger partial charge in [-0.2, -0.15) is 0 Å². The Morgan fingerprint density at radius 3 is 2.57 bits per heavy atom. The Kier molecular flexibility index (Phi) is 4.65. The van der Waals surface area contributed by atoms with E-state index in [1.807, 2.05) is 12.1 Å². The summed E-state index contributed by atoms with van der Waals surface area (Å²) in [5.41, 5.74) is 1.63. The first-order valence-electron chi connectivity index (χ1n) is 6.32. The van der Waals surface area contributed by atoms with Crippen LogP contribution in [-0.4, -0.2) is 22.2 Å². The lowest BCUT2D eigenvalue weighted by molar-refractivity contribution is 0.101. The van der Waals surface area contributed by atoms with Crippen molar-refractivity contribution in [1.82, 2.24) is 0 Å². The average molecular weight is 301 g/mol. The summed E-state index contributed by atoms with van der Waals surface area (Å²) in [6.45, 7) is 3.21. The van der Waals surface area contributed by atoms with Crippen LogP contribution in [0.5, 0.6) is 11.5 Å². The van der Waals surface area contributed by atoms with Crippen LogP contribution in [0.2, 0.25) is 0 Å². The van der Waals surface area contributed by atoms with Crippen molar-refractivity contribution >= 4 is 23.9 Å². The molecule has 21 heavy (non-hydrogen) atoms. The van der Waals surface area contributed by atoms with Crippen molar-refractivity contribution in [2.24, 2.45) is 4.40 Å². The van der Waals surface area contributed by atoms with E-state index in [0.29, 0.717) is 16.7 Å². The molecule has 2 N–H and O–H groups in total. The van der Waals surface area contributed by atoms with Crippen molar-refractivity contribution in [3.8, 4) is 11.5 Å². The van der Waals surface area contributed by atoms with Gasteiger partial charge in [-0.1, -0.05) is 24.3 Å². The Balaban J connectivity index is 2.21. The molecule has 0 radical (unpaired) electrons. The number of hydrogen-bond donors (Lipinski definition) is 2. The maximum Gasteiger partial charge on any atom is 0.166 e. The lowest BCUT2D eigenvalue weighted by Crippen LogP contribution is -1.93. The molecule has 0 spiro atoms. The molecule has 0 aliphatic rings. The highest BCUT2D eigenvalue weighted by Gasteiger charge is 2.08. The van der Waals surface area contributed by atoms with Crippen LogP contribution < -0.4 is 0 Å². The largest absolute Gasteiger partial charge is 0.504 e. The van der Waals surface area contributed by atoms with Gasteiger partial charge >= 0.3 is 0 Å². The lowest BCUT2D eigenvalue weighted by atomic mass is 10.1. The summed E-state index contributed by atoms with van der Waals surface area (Å²) in [6.07, 6.45) is 1.45. The molecule has 0 aliphatic carbocycles. The number of benzene rings is 2. The number of ketones is 1. The number of aryl methyl sites for hydroxylation is 1. The fourth-order valence-electron chi connectivity index (χ4n) is 1.78. The van der Waals surface area contributed by atoms with E-state index in [1.54, 1.807) is 31.2 Å². The van der Waals surface area contributed by atoms with Gasteiger partial charge in [-0.05, 0) is 31.5 Å². The molecule has 0 saturated carbocycles. The van der Waals surface area contributed by atoms with Crippen molar-refractivity contribution in [3.63, 3.8) is 0 Å². The third kappa shape index (κ3) is 3.44. The fourth-order valence-corrected chi connectivity index (χ4v) is 2.51. The molecule has 0 atom stereocenters. The van der Waals surface area contributed by atoms with Gasteiger partial charge in [0, 0.05) is 34.2 Å². The van der Waals surface area contributed by atoms with E-state index in [0.717, 1.165) is 16.8 Å². The maximum absolute atomic E-state index is 11.5. The standard InChI is InChI=1S/C16H15NO3S/c1-10-7-8-12(16(20)15(10)19)9-17-21-14-6-4-3-5-13(14)11(2)18/h3-9,19-20H,1-2H3/b17-9+. The lowest BCUT2D eigenvalue weighted by Gasteiger charge is -2.05. The summed E-state index contributed by atoms with van der Waals surface area (Å²) >= 11 is 1.14. The normalized spacial score (nSPS) is 11.0. The zero-order chi connectivity index (χ0) is 15.4. The molecular formula is C16H15NO3S. The number of aromatic hydroxyl groups is 2. The Morgan fingerprint density at radius 2 is 1.86 bits per heavy atom. The maximum atomic E-state index is 11.5. The smallest absolute Gasteiger partial charge is 0.166 e. The number of nitrogens with zero attached hydrogens (tertiary/aromatic N) is 1. The summed E-state index contributed by atoms with van der Waals surface area (Å²) in [5.74, 6) is -0.364. The first-order valence-corrected chi connectivity index (χ1v) is 7.10. The van der Waals surface area contributed by atoms with Gasteiger partial charge in [-0.15, -0.1) is 0 Å². The molecular weight excluding hydrogens is 286 g/mol. The van der Waals surface area contributed by atoms with Gasteiger partial charge in [-0.25, -0.2) is 4.40 Å². The molecule has 2 aromatic carbocycles. The van der Waals surface area contributed by atoms with Gasteiger partial charge in [0.25, 0.3) is 0 Å². The van der Waals surface area contributed by atoms with Gasteiger partial charge < -0.3 is 10.2 Å². The van der Waals surface area contributed by atoms with E-state index < -0.39 is 0 Å². The summed E-state index contributed by atoms with van der Waals surface area (Å²) < 4.78 is 4.15. The molecule has 0 aliphatic heterocycles. The van der Waals surface area contributed by atoms with Crippen molar-refractivity contribution < 1.29 is 15.0 Å². The molecule has 0 saturated heterocycles. The van der Waals surface area contributed by atoms with Crippen LogP contribution in [0, 0.1) is 6.92 Å². The van der Waals surface area contributed by atoms with Crippen LogP contribution in [-0.2, 0) is 0 Å². The van der Waals surface area contributed by atoms with Crippen molar-refractivity contribution in [3.05, 3.63) is 53.1 Å². The monoisotopic (exact) mass is 301 g/mol. The topological polar surface area (TPSA) is 69.9 Å². The Morgan fingerprint density at radius 1 is 1.14 bits per heavy atom. The van der Waals surface area contributed by atoms with Gasteiger partial charge in [0.15, 0.2) is 17.3 Å². The van der Waals surface area contributed by atoms with Crippen LogP contribution in [0.3, 0.4) is 0 Å². The number of phenols is 2. The summed E-state index contributed by atoms with van der Waals surface area (Å²) in [7, 11) is 0. The highest BCUT2D eigenvalue weighted by Crippen LogP contribution is 2.31. The minimum absolute atomic E-state index is 0.0240. The van der Waals surface area contributed by atoms with E-state index in [9.17, 15) is 15.0 Å². The predicted octanol–water partition coefficient (Wildman–Crippen LogP) is 3.74. The second-order valence-electron chi connectivity index (χ2n) is 4.55. The Labute approximate surface area is 127 Å². The summed E-state index contributed by atoms with van der Waals surface area (Å²) in [4.78, 5) is 12.2. The second-order valence-corrected chi connectivity index (χ2v) is 5.38. The van der Waals surface area contributed by atoms with E-state index in [1.165, 1.54) is 13.1 Å². The number of carbonyl (C=O) groups is 1. The molecule has 0 heterocycles. The minimum Gasteiger partial charge on any atom is -0.504 e. The third-order valence-electron chi connectivity index (χ3n) is 2.99. The van der Waals surface area contributed by atoms with Crippen LogP contribution in [0.1, 0.15) is 28.4 Å². The highest BCUT2D eigenvalue weighted by molar-refractivity contribution is 7.98. The predicted molar refractivity (Wildman–Crippen MR) is 84.4 cm³/mol. The van der Waals surface area contributed by atoms with Crippen LogP contribution in [0.25, 0.3) is 0 Å². The first kappa shape index (κ1) is 15.1. The fraction of sp³-hybridized carbons (Fsp3) is 0.125. The third-order valence-corrected chi connectivity index (χ3v) is 3.76. The molecule has 0 amide bonds. The minimum atomic E-state index is -0.195. The van der Waals surface area contributed by atoms with Crippen molar-refractivity contribution in [2.75, 3.05) is 0 Å². The van der Waals surface area contributed by atoms with E-state index in [4.69, 9.17) is 0 Å². The Hall–Kier alpha value is -2.27. The zero-order valence-electron chi connectivity index (χ0n) is 11.7. The zero-order valence-corrected chi connectivity index (χ0v) is 12.5. The van der Waals surface area contributed by atoms with Crippen LogP contribution in [0.4, 0.5) is 0 Å². The summed E-state index contributed by atoms with van der Waals surface area (Å²) in [6, 6.07) is 10.6. The van der Waals surface area contributed by atoms with Gasteiger partial charge in [0.2, 0.25) is 0 Å². The highest BCUT2D eigenvalue weighted by atomic mass is 32.2. The van der Waals surface area contributed by atoms with Gasteiger partial charge in [-0.3, -0.25) is 4.79 Å². The van der Waals surface area contributed by atoms with Crippen molar-refractivity contribution in [1.29, 1.82) is 0 Å². The Bertz CT molecular complexity index is 711. The molecule has 4 nitrogen and oxygen atoms in total.